The summed E-state index contributed by atoms with van der Waals surface area (Å²) in [6, 6.07) is 8.41. The molecule has 5 nitrogen and oxygen atoms in total. The first-order valence-corrected chi connectivity index (χ1v) is 9.36. The van der Waals surface area contributed by atoms with Crippen molar-refractivity contribution < 1.29 is 9.53 Å². The number of nitrogens with zero attached hydrogens (tertiary/aromatic N) is 2. The number of likely N-dealkylation sites (tertiary alicyclic amines) is 1. The molecule has 0 radical (unpaired) electrons. The molecule has 28 heavy (non-hydrogen) atoms. The normalized spacial score (nSPS) is 16.0. The lowest BCUT2D eigenvalue weighted by atomic mass is 9.97. The second-order valence-electron chi connectivity index (χ2n) is 6.35. The van der Waals surface area contributed by atoms with Gasteiger partial charge in [-0.2, -0.15) is 0 Å². The Balaban J connectivity index is 0.00000196. The highest BCUT2D eigenvalue weighted by Crippen LogP contribution is 2.32. The van der Waals surface area contributed by atoms with Gasteiger partial charge >= 0.3 is 0 Å². The molecule has 1 fully saturated rings. The average molecular weight is 467 g/mol. The zero-order valence-corrected chi connectivity index (χ0v) is 18.5. The van der Waals surface area contributed by atoms with Crippen LogP contribution in [0.5, 0.6) is 11.6 Å². The van der Waals surface area contributed by atoms with Gasteiger partial charge in [0.05, 0.1) is 5.02 Å². The minimum Gasteiger partial charge on any atom is -0.437 e. The second kappa shape index (κ2) is 11.7. The van der Waals surface area contributed by atoms with Crippen LogP contribution in [0.4, 0.5) is 0 Å². The first kappa shape index (κ1) is 24.8. The summed E-state index contributed by atoms with van der Waals surface area (Å²) in [4.78, 5) is 19.1. The van der Waals surface area contributed by atoms with Gasteiger partial charge in [0.15, 0.2) is 0 Å². The molecule has 154 valence electrons. The highest BCUT2D eigenvalue weighted by molar-refractivity contribution is 6.35. The Kier molecular flexibility index (Phi) is 10.4. The number of hydrogen-bond acceptors (Lipinski definition) is 4. The summed E-state index contributed by atoms with van der Waals surface area (Å²) in [5.41, 5.74) is 0.434. The monoisotopic (exact) mass is 465 g/mol. The molecule has 1 aromatic heterocycles. The predicted octanol–water partition coefficient (Wildman–Crippen LogP) is 5.10. The van der Waals surface area contributed by atoms with Gasteiger partial charge in [0.2, 0.25) is 5.88 Å². The van der Waals surface area contributed by atoms with Crippen LogP contribution in [0.2, 0.25) is 10.0 Å². The van der Waals surface area contributed by atoms with Gasteiger partial charge in [0, 0.05) is 24.3 Å². The molecule has 1 aliphatic rings. The van der Waals surface area contributed by atoms with Crippen LogP contribution in [0.1, 0.15) is 23.2 Å². The van der Waals surface area contributed by atoms with Gasteiger partial charge in [-0.3, -0.25) is 4.79 Å². The van der Waals surface area contributed by atoms with Gasteiger partial charge in [-0.25, -0.2) is 4.98 Å². The largest absolute Gasteiger partial charge is 0.437 e. The number of nitrogens with one attached hydrogen (secondary N) is 1. The lowest BCUT2D eigenvalue weighted by molar-refractivity contribution is 0.0671. The molecule has 1 aliphatic heterocycles. The topological polar surface area (TPSA) is 54.5 Å². The van der Waals surface area contributed by atoms with Crippen molar-refractivity contribution in [3.8, 4) is 11.6 Å². The van der Waals surface area contributed by atoms with E-state index in [9.17, 15) is 4.79 Å². The molecule has 1 amide bonds. The van der Waals surface area contributed by atoms with Crippen LogP contribution >= 0.6 is 48.0 Å². The molecule has 1 unspecified atom stereocenters. The zero-order chi connectivity index (χ0) is 18.5. The van der Waals surface area contributed by atoms with Crippen LogP contribution in [0.15, 0.2) is 36.5 Å². The number of carbonyl (C=O) groups is 1. The second-order valence-corrected chi connectivity index (χ2v) is 7.19. The van der Waals surface area contributed by atoms with Crippen molar-refractivity contribution >= 4 is 53.9 Å². The summed E-state index contributed by atoms with van der Waals surface area (Å²) in [7, 11) is 1.93. The van der Waals surface area contributed by atoms with Crippen molar-refractivity contribution in [1.82, 2.24) is 15.2 Å². The lowest BCUT2D eigenvalue weighted by Crippen LogP contribution is -2.42. The third-order valence-electron chi connectivity index (χ3n) is 4.40. The van der Waals surface area contributed by atoms with Crippen LogP contribution in [0.3, 0.4) is 0 Å². The van der Waals surface area contributed by atoms with Crippen molar-refractivity contribution in [2.24, 2.45) is 5.92 Å². The standard InChI is InChI=1S/C19H21Cl2N3O2.2ClH/c1-22-11-13-4-3-9-24(12-13)19(25)15-5-2-8-23-18(15)26-17-7-6-14(20)10-16(17)21;;/h2,5-8,10,13,22H,3-4,9,11-12H2,1H3;2*1H. The summed E-state index contributed by atoms with van der Waals surface area (Å²) < 4.78 is 5.82. The van der Waals surface area contributed by atoms with E-state index in [0.29, 0.717) is 27.3 Å². The molecule has 0 saturated carbocycles. The van der Waals surface area contributed by atoms with Crippen LogP contribution in [-0.4, -0.2) is 42.5 Å². The molecule has 1 aromatic carbocycles. The Morgan fingerprint density at radius 3 is 2.82 bits per heavy atom. The van der Waals surface area contributed by atoms with E-state index in [1.807, 2.05) is 11.9 Å². The Labute approximate surface area is 187 Å². The highest BCUT2D eigenvalue weighted by atomic mass is 35.5. The maximum absolute atomic E-state index is 13.0. The maximum atomic E-state index is 13.0. The van der Waals surface area contributed by atoms with E-state index < -0.39 is 0 Å². The third kappa shape index (κ3) is 6.13. The molecule has 1 atom stereocenters. The fraction of sp³-hybridized carbons (Fsp3) is 0.368. The van der Waals surface area contributed by atoms with Crippen molar-refractivity contribution in [3.05, 3.63) is 52.1 Å². The number of hydrogen-bond donors (Lipinski definition) is 1. The van der Waals surface area contributed by atoms with E-state index in [2.05, 4.69) is 10.3 Å². The quantitative estimate of drug-likeness (QED) is 0.666. The first-order valence-electron chi connectivity index (χ1n) is 8.60. The molecular weight excluding hydrogens is 444 g/mol. The van der Waals surface area contributed by atoms with Gasteiger partial charge in [0.1, 0.15) is 11.3 Å². The van der Waals surface area contributed by atoms with Gasteiger partial charge < -0.3 is 15.0 Å². The molecule has 9 heteroatoms. The van der Waals surface area contributed by atoms with Gasteiger partial charge in [0.25, 0.3) is 5.91 Å². The van der Waals surface area contributed by atoms with E-state index in [4.69, 9.17) is 27.9 Å². The van der Waals surface area contributed by atoms with E-state index in [1.54, 1.807) is 36.5 Å². The number of carbonyl (C=O) groups excluding carboxylic acids is 1. The summed E-state index contributed by atoms with van der Waals surface area (Å²) in [6.07, 6.45) is 3.72. The number of aromatic nitrogens is 1. The summed E-state index contributed by atoms with van der Waals surface area (Å²) in [5, 5.41) is 4.08. The number of piperidine rings is 1. The molecular formula is C19H23Cl4N3O2. The van der Waals surface area contributed by atoms with Gasteiger partial charge in [-0.1, -0.05) is 23.2 Å². The number of amides is 1. The minimum absolute atomic E-state index is 0. The average Bonchev–Trinajstić information content (AvgIpc) is 2.64. The van der Waals surface area contributed by atoms with E-state index in [-0.39, 0.29) is 36.6 Å². The zero-order valence-electron chi connectivity index (χ0n) is 15.4. The van der Waals surface area contributed by atoms with Gasteiger partial charge in [-0.05, 0) is 62.7 Å². The minimum atomic E-state index is -0.0704. The van der Waals surface area contributed by atoms with Crippen LogP contribution < -0.4 is 10.1 Å². The molecule has 1 saturated heterocycles. The van der Waals surface area contributed by atoms with Crippen LogP contribution in [-0.2, 0) is 0 Å². The Morgan fingerprint density at radius 2 is 2.11 bits per heavy atom. The molecule has 3 rings (SSSR count). The number of benzene rings is 1. The van der Waals surface area contributed by atoms with Crippen molar-refractivity contribution in [2.75, 3.05) is 26.7 Å². The molecule has 1 N–H and O–H groups in total. The smallest absolute Gasteiger partial charge is 0.259 e. The first-order chi connectivity index (χ1) is 12.6. The molecule has 2 heterocycles. The summed E-state index contributed by atoms with van der Waals surface area (Å²) in [5.74, 6) is 1.05. The van der Waals surface area contributed by atoms with E-state index in [1.165, 1.54) is 0 Å². The SMILES string of the molecule is CNCC1CCCN(C(=O)c2cccnc2Oc2ccc(Cl)cc2Cl)C1.Cl.Cl. The highest BCUT2D eigenvalue weighted by Gasteiger charge is 2.26. The van der Waals surface area contributed by atoms with Crippen molar-refractivity contribution in [1.29, 1.82) is 0 Å². The Morgan fingerprint density at radius 1 is 1.32 bits per heavy atom. The molecule has 0 bridgehead atoms. The third-order valence-corrected chi connectivity index (χ3v) is 4.93. The number of halogens is 4. The predicted molar refractivity (Wildman–Crippen MR) is 118 cm³/mol. The molecule has 2 aromatic rings. The lowest BCUT2D eigenvalue weighted by Gasteiger charge is -2.33. The fourth-order valence-electron chi connectivity index (χ4n) is 3.17. The summed E-state index contributed by atoms with van der Waals surface area (Å²) in [6.45, 7) is 2.38. The maximum Gasteiger partial charge on any atom is 0.259 e. The summed E-state index contributed by atoms with van der Waals surface area (Å²) >= 11 is 12.1. The molecule has 0 aliphatic carbocycles. The fourth-order valence-corrected chi connectivity index (χ4v) is 3.62. The van der Waals surface area contributed by atoms with Crippen LogP contribution in [0.25, 0.3) is 0 Å². The van der Waals surface area contributed by atoms with Crippen LogP contribution in [0, 0.1) is 5.92 Å². The van der Waals surface area contributed by atoms with Crippen molar-refractivity contribution in [2.45, 2.75) is 12.8 Å². The molecule has 0 spiro atoms. The Bertz CT molecular complexity index is 790. The van der Waals surface area contributed by atoms with E-state index >= 15 is 0 Å². The number of pyridine rings is 1. The van der Waals surface area contributed by atoms with E-state index in [0.717, 1.165) is 32.5 Å². The van der Waals surface area contributed by atoms with Crippen molar-refractivity contribution in [3.63, 3.8) is 0 Å². The Hall–Kier alpha value is -1.24. The number of ether oxygens (including phenoxy) is 1. The van der Waals surface area contributed by atoms with Gasteiger partial charge in [-0.15, -0.1) is 24.8 Å². The number of rotatable bonds is 5.